The summed E-state index contributed by atoms with van der Waals surface area (Å²) in [6.45, 7) is 13.4. The molecule has 0 aliphatic rings. The van der Waals surface area contributed by atoms with Crippen molar-refractivity contribution in [2.45, 2.75) is 105 Å². The molecule has 0 amide bonds. The van der Waals surface area contributed by atoms with Gasteiger partial charge >= 0.3 is 0 Å². The Bertz CT molecular complexity index is 2640. The summed E-state index contributed by atoms with van der Waals surface area (Å²) >= 11 is 0. The summed E-state index contributed by atoms with van der Waals surface area (Å²) in [6.07, 6.45) is 9.26. The molecule has 0 saturated carbocycles. The van der Waals surface area contributed by atoms with Gasteiger partial charge in [-0.05, 0) is 49.9 Å². The van der Waals surface area contributed by atoms with Crippen LogP contribution < -0.4 is 0 Å². The summed E-state index contributed by atoms with van der Waals surface area (Å²) in [5, 5.41) is 14.1. The largest absolute Gasteiger partial charge is 0.339 e. The highest BCUT2D eigenvalue weighted by atomic mass is 15.1. The van der Waals surface area contributed by atoms with Crippen molar-refractivity contribution in [3.05, 3.63) is 97.1 Å². The first kappa shape index (κ1) is 33.4. The van der Waals surface area contributed by atoms with Crippen molar-refractivity contribution in [1.29, 1.82) is 0 Å². The zero-order valence-electron chi connectivity index (χ0n) is 32.5. The minimum atomic E-state index is 1.01. The molecule has 10 aromatic rings. The van der Waals surface area contributed by atoms with Crippen LogP contribution in [0.1, 0.15) is 79.1 Å². The molecule has 0 bridgehead atoms. The van der Waals surface area contributed by atoms with Gasteiger partial charge in [-0.25, -0.2) is 0 Å². The molecule has 0 unspecified atom stereocenters. The lowest BCUT2D eigenvalue weighted by atomic mass is 9.91. The molecule has 0 radical (unpaired) electrons. The quantitative estimate of drug-likeness (QED) is 0.120. The Hall–Kier alpha value is -5.22. The van der Waals surface area contributed by atoms with Crippen LogP contribution in [0.15, 0.2) is 97.1 Å². The second-order valence-electron chi connectivity index (χ2n) is 15.7. The molecule has 4 heteroatoms. The minimum absolute atomic E-state index is 1.01. The molecule has 272 valence electrons. The summed E-state index contributed by atoms with van der Waals surface area (Å²) < 4.78 is 10.9. The lowest BCUT2D eigenvalue weighted by Gasteiger charge is -2.16. The Balaban J connectivity index is 1.63. The number of aryl methyl sites for hydroxylation is 4. The van der Waals surface area contributed by atoms with E-state index in [1.165, 1.54) is 98.0 Å². The molecule has 0 atom stereocenters. The van der Waals surface area contributed by atoms with Crippen molar-refractivity contribution < 1.29 is 0 Å². The summed E-state index contributed by atoms with van der Waals surface area (Å²) in [4.78, 5) is 0. The molecule has 4 nitrogen and oxygen atoms in total. The van der Waals surface area contributed by atoms with Gasteiger partial charge in [0.1, 0.15) is 0 Å². The standard InChI is InChI=1S/C50H52N4/c1-5-9-29-51-37-25-17-13-21-33(37)41-45-43-35-23-15-19-27-39(35)53(31-11-7-3)49(43)50-44(36-24-16-20-28-40(36)54(50)32-12-8-4)46(45)42-34-22-14-18-26-38(34)52(30-10-6-2)48(42)47(41)51/h13-28H,5-12,29-32H2,1-4H3. The summed E-state index contributed by atoms with van der Waals surface area (Å²) in [6, 6.07) is 37.3. The maximum Gasteiger partial charge on any atom is 0.0745 e. The van der Waals surface area contributed by atoms with Gasteiger partial charge in [0.15, 0.2) is 0 Å². The van der Waals surface area contributed by atoms with E-state index in [2.05, 4.69) is 143 Å². The van der Waals surface area contributed by atoms with E-state index in [1.807, 2.05) is 0 Å². The van der Waals surface area contributed by atoms with Crippen LogP contribution in [0.5, 0.6) is 0 Å². The molecule has 0 N–H and O–H groups in total. The first-order chi connectivity index (χ1) is 26.7. The Morgan fingerprint density at radius 2 is 0.519 bits per heavy atom. The van der Waals surface area contributed by atoms with Crippen molar-refractivity contribution in [2.24, 2.45) is 0 Å². The fourth-order valence-corrected chi connectivity index (χ4v) is 10.2. The van der Waals surface area contributed by atoms with Gasteiger partial charge in [-0.3, -0.25) is 0 Å². The van der Waals surface area contributed by atoms with E-state index in [0.29, 0.717) is 0 Å². The van der Waals surface area contributed by atoms with Gasteiger partial charge in [0.2, 0.25) is 0 Å². The molecule has 0 spiro atoms. The van der Waals surface area contributed by atoms with E-state index in [-0.39, 0.29) is 0 Å². The van der Waals surface area contributed by atoms with Crippen molar-refractivity contribution in [1.82, 2.24) is 18.3 Å². The monoisotopic (exact) mass is 708 g/mol. The van der Waals surface area contributed by atoms with Crippen LogP contribution in [0.3, 0.4) is 0 Å². The van der Waals surface area contributed by atoms with E-state index in [1.54, 1.807) is 0 Å². The average Bonchev–Trinajstić information content (AvgIpc) is 3.93. The Kier molecular flexibility index (Phi) is 8.19. The van der Waals surface area contributed by atoms with Gasteiger partial charge in [0.25, 0.3) is 0 Å². The normalized spacial score (nSPS) is 12.6. The summed E-state index contributed by atoms with van der Waals surface area (Å²) in [5.41, 5.74) is 11.1. The third-order valence-corrected chi connectivity index (χ3v) is 12.5. The maximum atomic E-state index is 2.72. The van der Waals surface area contributed by atoms with Crippen molar-refractivity contribution in [3.63, 3.8) is 0 Å². The third kappa shape index (κ3) is 4.55. The van der Waals surface area contributed by atoms with Crippen molar-refractivity contribution >= 4 is 98.0 Å². The first-order valence-electron chi connectivity index (χ1n) is 20.9. The molecule has 4 heterocycles. The number of benzene rings is 6. The van der Waals surface area contributed by atoms with Gasteiger partial charge in [-0.15, -0.1) is 0 Å². The molecular weight excluding hydrogens is 657 g/mol. The van der Waals surface area contributed by atoms with E-state index < -0.39 is 0 Å². The van der Waals surface area contributed by atoms with E-state index >= 15 is 0 Å². The second kappa shape index (κ2) is 13.3. The van der Waals surface area contributed by atoms with Crippen LogP contribution in [-0.4, -0.2) is 18.3 Å². The predicted molar refractivity (Wildman–Crippen MR) is 236 cm³/mol. The number of para-hydroxylation sites is 4. The number of nitrogens with zero attached hydrogens (tertiary/aromatic N) is 4. The molecule has 0 aliphatic heterocycles. The highest BCUT2D eigenvalue weighted by Crippen LogP contribution is 2.53. The number of hydrogen-bond acceptors (Lipinski definition) is 0. The summed E-state index contributed by atoms with van der Waals surface area (Å²) in [5.74, 6) is 0. The van der Waals surface area contributed by atoms with Crippen molar-refractivity contribution in [3.8, 4) is 0 Å². The SMILES string of the molecule is CCCCn1c2ccccc2c2c3c(c4c5ccccc5n(CCCC)c4c21)c1c2ccccc2n(CCCC)c1c1c3c2ccccc2n1CCCC. The fourth-order valence-electron chi connectivity index (χ4n) is 10.2. The second-order valence-corrected chi connectivity index (χ2v) is 15.7. The molecule has 0 fully saturated rings. The van der Waals surface area contributed by atoms with Crippen LogP contribution in [0.4, 0.5) is 0 Å². The highest BCUT2D eigenvalue weighted by Gasteiger charge is 2.30. The smallest absolute Gasteiger partial charge is 0.0745 e. The molecule has 54 heavy (non-hydrogen) atoms. The third-order valence-electron chi connectivity index (χ3n) is 12.5. The van der Waals surface area contributed by atoms with E-state index in [4.69, 9.17) is 0 Å². The van der Waals surface area contributed by atoms with Gasteiger partial charge < -0.3 is 18.3 Å². The summed E-state index contributed by atoms with van der Waals surface area (Å²) in [7, 11) is 0. The topological polar surface area (TPSA) is 19.7 Å². The Morgan fingerprint density at radius 3 is 0.741 bits per heavy atom. The Labute approximate surface area is 317 Å². The maximum absolute atomic E-state index is 2.72. The highest BCUT2D eigenvalue weighted by molar-refractivity contribution is 6.49. The van der Waals surface area contributed by atoms with Gasteiger partial charge in [-0.1, -0.05) is 126 Å². The fraction of sp³-hybridized carbons (Fsp3) is 0.320. The predicted octanol–water partition coefficient (Wildman–Crippen LogP) is 14.5. The van der Waals surface area contributed by atoms with Crippen LogP contribution in [-0.2, 0) is 26.2 Å². The molecule has 4 aromatic heterocycles. The van der Waals surface area contributed by atoms with Gasteiger partial charge in [-0.2, -0.15) is 0 Å². The van der Waals surface area contributed by atoms with Crippen molar-refractivity contribution in [2.75, 3.05) is 0 Å². The first-order valence-corrected chi connectivity index (χ1v) is 20.9. The Morgan fingerprint density at radius 1 is 0.296 bits per heavy atom. The van der Waals surface area contributed by atoms with Crippen LogP contribution in [0, 0.1) is 0 Å². The molecular formula is C50H52N4. The van der Waals surface area contributed by atoms with Gasteiger partial charge in [0.05, 0.1) is 22.1 Å². The molecule has 6 aromatic carbocycles. The average molecular weight is 709 g/mol. The van der Waals surface area contributed by atoms with E-state index in [9.17, 15) is 0 Å². The van der Waals surface area contributed by atoms with Gasteiger partial charge in [0, 0.05) is 102 Å². The molecule has 0 saturated heterocycles. The van der Waals surface area contributed by atoms with Crippen LogP contribution in [0.2, 0.25) is 0 Å². The minimum Gasteiger partial charge on any atom is -0.339 e. The van der Waals surface area contributed by atoms with E-state index in [0.717, 1.165) is 77.5 Å². The zero-order chi connectivity index (χ0) is 36.5. The molecule has 0 aliphatic carbocycles. The lowest BCUT2D eigenvalue weighted by molar-refractivity contribution is 0.655. The van der Waals surface area contributed by atoms with Crippen LogP contribution >= 0.6 is 0 Å². The number of rotatable bonds is 12. The number of fused-ring (bicyclic) bond motifs is 19. The number of hydrogen-bond donors (Lipinski definition) is 0. The molecule has 10 rings (SSSR count). The zero-order valence-corrected chi connectivity index (χ0v) is 32.5. The number of aromatic nitrogens is 4. The van der Waals surface area contributed by atoms with Crippen LogP contribution in [0.25, 0.3) is 98.0 Å². The number of unbranched alkanes of at least 4 members (excludes halogenated alkanes) is 4. The lowest BCUT2D eigenvalue weighted by Crippen LogP contribution is -2.03.